The first kappa shape index (κ1) is 47.3. The molecule has 18 atom stereocenters. The van der Waals surface area contributed by atoms with Gasteiger partial charge in [-0.1, -0.05) is 61.5 Å². The number of ketones is 1. The summed E-state index contributed by atoms with van der Waals surface area (Å²) in [6, 6.07) is -0.443. The van der Waals surface area contributed by atoms with E-state index >= 15 is 0 Å². The highest BCUT2D eigenvalue weighted by Gasteiger charge is 2.63. The summed E-state index contributed by atoms with van der Waals surface area (Å²) in [5.74, 6) is -5.48. The Morgan fingerprint density at radius 2 is 1.60 bits per heavy atom. The first-order chi connectivity index (χ1) is 27.2. The fraction of sp³-hybridized carbons (Fsp3) is 0.889. The number of carbonyl (C=O) groups excluding carboxylic acids is 1. The lowest BCUT2D eigenvalue weighted by molar-refractivity contribution is -0.397. The largest absolute Gasteiger partial charge is 0.481 e. The van der Waals surface area contributed by atoms with Gasteiger partial charge in [-0.15, -0.1) is 0 Å². The van der Waals surface area contributed by atoms with Gasteiger partial charge in [0.25, 0.3) is 0 Å². The Hall–Kier alpha value is -1.71. The lowest BCUT2D eigenvalue weighted by Gasteiger charge is -2.55. The first-order valence-electron chi connectivity index (χ1n) is 22.5. The number of hydrogen-bond acceptors (Lipinski definition) is 10. The molecule has 13 heteroatoms. The standard InChI is InChI=1S/C45H76N2O10S/c1-12-31(40(50)51)33-17-16-25(5)38(54-33)29(9)36(48)28(8)37(49)32(13-2)39-26(6)24-27(7)44(55-39)21-18-34(47-41(58)46-15-4)45(57-44)23-22-42(11,56-45)35-19-20-43(52,14-3)30(10)53-35/h18,21,25-36,38-39,48,52H,12-17,19-20,22-24H2,1-11H3,(H,50,51)(H2,46,47,58)/t25-,26-,27+,28-,29-,30-,31+,32-,33+,34-,35+,36+,38+,39-,42-,43+,44-,45-/m0/s1. The monoisotopic (exact) mass is 837 g/mol. The van der Waals surface area contributed by atoms with Crippen molar-refractivity contribution >= 4 is 29.1 Å². The lowest BCUT2D eigenvalue weighted by Crippen LogP contribution is -2.66. The topological polar surface area (TPSA) is 165 Å². The van der Waals surface area contributed by atoms with Gasteiger partial charge in [-0.05, 0) is 109 Å². The number of ether oxygens (including phenoxy) is 5. The van der Waals surface area contributed by atoms with Gasteiger partial charge in [0, 0.05) is 36.6 Å². The van der Waals surface area contributed by atoms with E-state index in [1.807, 2.05) is 53.7 Å². The molecular weight excluding hydrogens is 761 g/mol. The minimum atomic E-state index is -1.20. The number of aliphatic hydroxyl groups excluding tert-OH is 1. The molecule has 0 amide bonds. The summed E-state index contributed by atoms with van der Waals surface area (Å²) < 4.78 is 34.6. The van der Waals surface area contributed by atoms with E-state index in [0.717, 1.165) is 12.8 Å². The molecule has 58 heavy (non-hydrogen) atoms. The average molecular weight is 837 g/mol. The third kappa shape index (κ3) is 9.22. The van der Waals surface area contributed by atoms with Crippen molar-refractivity contribution < 1.29 is 48.6 Å². The van der Waals surface area contributed by atoms with E-state index in [9.17, 15) is 24.9 Å². The van der Waals surface area contributed by atoms with Crippen molar-refractivity contribution in [3.8, 4) is 0 Å². The molecular formula is C45H76N2O10S. The van der Waals surface area contributed by atoms with Crippen molar-refractivity contribution in [2.24, 2.45) is 41.4 Å². The van der Waals surface area contributed by atoms with Gasteiger partial charge in [-0.3, -0.25) is 9.59 Å². The highest BCUT2D eigenvalue weighted by atomic mass is 32.1. The molecule has 0 bridgehead atoms. The van der Waals surface area contributed by atoms with E-state index in [0.29, 0.717) is 63.0 Å². The summed E-state index contributed by atoms with van der Waals surface area (Å²) in [6.07, 6.45) is 7.39. The van der Waals surface area contributed by atoms with E-state index in [-0.39, 0.29) is 47.8 Å². The molecule has 0 aromatic heterocycles. The number of Topliss-reactive ketones (excluding diaryl/α,β-unsaturated/α-hetero) is 1. The number of carbonyl (C=O) groups is 2. The summed E-state index contributed by atoms with van der Waals surface area (Å²) in [4.78, 5) is 26.6. The molecule has 5 rings (SSSR count). The average Bonchev–Trinajstić information content (AvgIpc) is 3.52. The van der Waals surface area contributed by atoms with E-state index < -0.39 is 70.9 Å². The van der Waals surface area contributed by atoms with E-state index in [4.69, 9.17) is 35.9 Å². The Morgan fingerprint density at radius 1 is 0.914 bits per heavy atom. The predicted molar refractivity (Wildman–Crippen MR) is 226 cm³/mol. The summed E-state index contributed by atoms with van der Waals surface area (Å²) in [5.41, 5.74) is -1.59. The van der Waals surface area contributed by atoms with Crippen LogP contribution in [0.25, 0.3) is 0 Å². The van der Waals surface area contributed by atoms with Crippen LogP contribution in [0, 0.1) is 41.4 Å². The Kier molecular flexibility index (Phi) is 15.3. The van der Waals surface area contributed by atoms with Gasteiger partial charge in [-0.2, -0.15) is 0 Å². The van der Waals surface area contributed by atoms with Crippen LogP contribution in [0.4, 0.5) is 0 Å². The Balaban J connectivity index is 1.38. The van der Waals surface area contributed by atoms with Crippen molar-refractivity contribution in [2.45, 2.75) is 206 Å². The van der Waals surface area contributed by atoms with Crippen molar-refractivity contribution in [1.82, 2.24) is 10.6 Å². The molecule has 4 saturated heterocycles. The van der Waals surface area contributed by atoms with Gasteiger partial charge in [0.2, 0.25) is 0 Å². The fourth-order valence-corrected chi connectivity index (χ4v) is 11.3. The number of nitrogens with one attached hydrogen (secondary N) is 2. The van der Waals surface area contributed by atoms with Crippen LogP contribution in [0.2, 0.25) is 0 Å². The van der Waals surface area contributed by atoms with Crippen LogP contribution in [0.1, 0.15) is 140 Å². The normalized spacial score (nSPS) is 43.0. The maximum Gasteiger partial charge on any atom is 0.309 e. The van der Waals surface area contributed by atoms with Crippen molar-refractivity contribution in [3.63, 3.8) is 0 Å². The quantitative estimate of drug-likeness (QED) is 0.0931. The molecule has 4 fully saturated rings. The molecule has 0 aromatic rings. The first-order valence-corrected chi connectivity index (χ1v) is 22.9. The maximum absolute atomic E-state index is 14.6. The molecule has 5 aliphatic rings. The number of rotatable bonds is 14. The Bertz CT molecular complexity index is 1480. The summed E-state index contributed by atoms with van der Waals surface area (Å²) in [5, 5.41) is 40.0. The van der Waals surface area contributed by atoms with Crippen LogP contribution in [0.5, 0.6) is 0 Å². The van der Waals surface area contributed by atoms with Crippen LogP contribution >= 0.6 is 12.2 Å². The SMILES string of the molecule is CCNC(=S)N[C@H]1C=C[C@]2(O[C@H]([C@@H](CC)C(=O)[C@@H](C)[C@@H](O)[C@H](C)[C@@H]3O[C@@H]([C@@H](CC)C(=O)O)CC[C@@H]3C)[C@@H](C)C[C@H]2C)O[C@@]12CC[C@@](C)([C@H]1CC[C@](O)(CC)[C@H](C)O1)O2. The van der Waals surface area contributed by atoms with Gasteiger partial charge in [0.05, 0.1) is 53.7 Å². The molecule has 5 N–H and O–H groups in total. The Labute approximate surface area is 353 Å². The molecule has 12 nitrogen and oxygen atoms in total. The number of thiocarbonyl (C=S) groups is 1. The molecule has 0 unspecified atom stereocenters. The smallest absolute Gasteiger partial charge is 0.309 e. The van der Waals surface area contributed by atoms with Gasteiger partial charge in [-0.25, -0.2) is 0 Å². The van der Waals surface area contributed by atoms with Crippen molar-refractivity contribution in [2.75, 3.05) is 6.54 Å². The molecule has 2 spiro atoms. The summed E-state index contributed by atoms with van der Waals surface area (Å²) in [6.45, 7) is 22.5. The number of carboxylic acids is 1. The van der Waals surface area contributed by atoms with E-state index in [1.54, 1.807) is 6.92 Å². The summed E-state index contributed by atoms with van der Waals surface area (Å²) >= 11 is 5.68. The highest BCUT2D eigenvalue weighted by Crippen LogP contribution is 2.54. The van der Waals surface area contributed by atoms with Gasteiger partial charge < -0.3 is 49.6 Å². The van der Waals surface area contributed by atoms with Gasteiger partial charge >= 0.3 is 5.97 Å². The maximum atomic E-state index is 14.6. The zero-order valence-corrected chi connectivity index (χ0v) is 37.9. The molecule has 332 valence electrons. The fourth-order valence-electron chi connectivity index (χ4n) is 11.0. The van der Waals surface area contributed by atoms with Gasteiger partial charge in [0.1, 0.15) is 11.8 Å². The van der Waals surface area contributed by atoms with E-state index in [2.05, 4.69) is 38.3 Å². The van der Waals surface area contributed by atoms with Crippen LogP contribution in [-0.4, -0.2) is 104 Å². The van der Waals surface area contributed by atoms with Crippen molar-refractivity contribution in [3.05, 3.63) is 12.2 Å². The molecule has 0 saturated carbocycles. The van der Waals surface area contributed by atoms with Crippen LogP contribution in [0.15, 0.2) is 12.2 Å². The zero-order chi connectivity index (χ0) is 43.0. The minimum absolute atomic E-state index is 0.0232. The van der Waals surface area contributed by atoms with Crippen LogP contribution in [0.3, 0.4) is 0 Å². The molecule has 0 aliphatic carbocycles. The number of carboxylic acid groups (broad SMARTS) is 1. The summed E-state index contributed by atoms with van der Waals surface area (Å²) in [7, 11) is 0. The van der Waals surface area contributed by atoms with E-state index in [1.165, 1.54) is 0 Å². The Morgan fingerprint density at radius 3 is 2.21 bits per heavy atom. The lowest BCUT2D eigenvalue weighted by atomic mass is 9.72. The van der Waals surface area contributed by atoms with Crippen LogP contribution in [-0.2, 0) is 33.3 Å². The molecule has 5 heterocycles. The third-order valence-electron chi connectivity index (χ3n) is 15.1. The second-order valence-electron chi connectivity index (χ2n) is 19.0. The highest BCUT2D eigenvalue weighted by molar-refractivity contribution is 7.80. The number of aliphatic hydroxyl groups is 2. The third-order valence-corrected chi connectivity index (χ3v) is 15.4. The molecule has 5 aliphatic heterocycles. The second kappa shape index (κ2) is 18.7. The minimum Gasteiger partial charge on any atom is -0.481 e. The zero-order valence-electron chi connectivity index (χ0n) is 37.1. The molecule has 0 aromatic carbocycles. The second-order valence-corrected chi connectivity index (χ2v) is 19.4. The van der Waals surface area contributed by atoms with Gasteiger partial charge in [0.15, 0.2) is 16.7 Å². The number of aliphatic carboxylic acids is 1. The van der Waals surface area contributed by atoms with Crippen molar-refractivity contribution in [1.29, 1.82) is 0 Å². The van der Waals surface area contributed by atoms with Crippen LogP contribution < -0.4 is 10.6 Å². The predicted octanol–water partition coefficient (Wildman–Crippen LogP) is 6.68. The molecule has 0 radical (unpaired) electrons. The number of hydrogen-bond donors (Lipinski definition) is 5.